The van der Waals surface area contributed by atoms with Crippen LogP contribution in [0.25, 0.3) is 0 Å². The molecule has 0 bridgehead atoms. The van der Waals surface area contributed by atoms with Gasteiger partial charge in [0, 0.05) is 25.5 Å². The van der Waals surface area contributed by atoms with E-state index in [1.54, 1.807) is 42.5 Å². The molecule has 9 heteroatoms. The van der Waals surface area contributed by atoms with Gasteiger partial charge in [0.15, 0.2) is 0 Å². The highest BCUT2D eigenvalue weighted by molar-refractivity contribution is 5.95. The van der Waals surface area contributed by atoms with Crippen LogP contribution >= 0.6 is 0 Å². The van der Waals surface area contributed by atoms with Crippen LogP contribution in [0, 0.1) is 0 Å². The van der Waals surface area contributed by atoms with Gasteiger partial charge in [-0.1, -0.05) is 30.3 Å². The molecule has 9 nitrogen and oxygen atoms in total. The van der Waals surface area contributed by atoms with E-state index in [2.05, 4.69) is 21.1 Å². The van der Waals surface area contributed by atoms with Crippen molar-refractivity contribution in [2.75, 3.05) is 0 Å². The van der Waals surface area contributed by atoms with Crippen LogP contribution < -0.4 is 21.9 Å². The summed E-state index contributed by atoms with van der Waals surface area (Å²) >= 11 is 0. The van der Waals surface area contributed by atoms with Crippen LogP contribution in [0.15, 0.2) is 53.5 Å². The summed E-state index contributed by atoms with van der Waals surface area (Å²) in [6.07, 6.45) is 1.46. The third kappa shape index (κ3) is 7.07. The minimum Gasteiger partial charge on any atom is -0.480 e. The second-order valence-electron chi connectivity index (χ2n) is 6.27. The van der Waals surface area contributed by atoms with E-state index in [1.807, 2.05) is 6.07 Å². The number of rotatable bonds is 9. The highest BCUT2D eigenvalue weighted by Gasteiger charge is 2.18. The highest BCUT2D eigenvalue weighted by Crippen LogP contribution is 2.14. The lowest BCUT2D eigenvalue weighted by Crippen LogP contribution is -2.41. The number of hydrogen-bond donors (Lipinski definition) is 5. The molecule has 1 unspecified atom stereocenters. The van der Waals surface area contributed by atoms with Crippen molar-refractivity contribution in [3.05, 3.63) is 65.2 Å². The van der Waals surface area contributed by atoms with E-state index >= 15 is 0 Å². The Bertz CT molecular complexity index is 913. The normalized spacial score (nSPS) is 11.7. The Balaban J connectivity index is 2.01. The lowest BCUT2D eigenvalue weighted by molar-refractivity contribution is -0.141. The van der Waals surface area contributed by atoms with E-state index in [9.17, 15) is 19.5 Å². The Morgan fingerprint density at radius 2 is 1.86 bits per heavy atom. The maximum atomic E-state index is 12.4. The molecular formula is C20H23N5O4. The number of benzene rings is 2. The summed E-state index contributed by atoms with van der Waals surface area (Å²) in [4.78, 5) is 38.9. The number of aliphatic imine (C=N–C) groups is 1. The molecule has 0 aliphatic carbocycles. The third-order valence-corrected chi connectivity index (χ3v) is 3.96. The largest absolute Gasteiger partial charge is 0.480 e. The summed E-state index contributed by atoms with van der Waals surface area (Å²) < 4.78 is 0. The van der Waals surface area contributed by atoms with E-state index in [-0.39, 0.29) is 18.9 Å². The van der Waals surface area contributed by atoms with Crippen LogP contribution in [0.1, 0.15) is 28.4 Å². The molecule has 2 amide bonds. The van der Waals surface area contributed by atoms with Crippen LogP contribution in [0.3, 0.4) is 0 Å². The van der Waals surface area contributed by atoms with Gasteiger partial charge >= 0.3 is 5.97 Å². The molecule has 0 heterocycles. The van der Waals surface area contributed by atoms with Crippen LogP contribution in [0.4, 0.5) is 5.69 Å². The molecule has 2 rings (SSSR count). The van der Waals surface area contributed by atoms with Gasteiger partial charge in [-0.2, -0.15) is 0 Å². The number of hydrazine groups is 1. The van der Waals surface area contributed by atoms with Gasteiger partial charge in [-0.3, -0.25) is 9.59 Å². The van der Waals surface area contributed by atoms with Crippen molar-refractivity contribution in [3.63, 3.8) is 0 Å². The van der Waals surface area contributed by atoms with Crippen molar-refractivity contribution in [2.45, 2.75) is 25.9 Å². The second-order valence-corrected chi connectivity index (χ2v) is 6.27. The molecular weight excluding hydrogens is 374 g/mol. The van der Waals surface area contributed by atoms with Gasteiger partial charge in [-0.25, -0.2) is 15.6 Å². The molecule has 0 spiro atoms. The summed E-state index contributed by atoms with van der Waals surface area (Å²) in [7, 11) is 0. The molecule has 0 aliphatic rings. The zero-order chi connectivity index (χ0) is 21.2. The average molecular weight is 397 g/mol. The van der Waals surface area contributed by atoms with Crippen molar-refractivity contribution >= 4 is 29.8 Å². The van der Waals surface area contributed by atoms with Crippen molar-refractivity contribution in [2.24, 2.45) is 10.8 Å². The number of amides is 2. The summed E-state index contributed by atoms with van der Waals surface area (Å²) in [6, 6.07) is 12.9. The number of nitrogens with zero attached hydrogens (tertiary/aromatic N) is 1. The molecule has 0 fully saturated rings. The van der Waals surface area contributed by atoms with Gasteiger partial charge in [0.1, 0.15) is 12.4 Å². The first-order valence-corrected chi connectivity index (χ1v) is 8.83. The number of nitrogens with two attached hydrogens (primary N) is 1. The highest BCUT2D eigenvalue weighted by atomic mass is 16.4. The molecule has 0 aromatic heterocycles. The zero-order valence-electron chi connectivity index (χ0n) is 15.9. The van der Waals surface area contributed by atoms with E-state index in [0.717, 1.165) is 11.1 Å². The average Bonchev–Trinajstić information content (AvgIpc) is 2.70. The maximum absolute atomic E-state index is 12.4. The predicted octanol–water partition coefficient (Wildman–Crippen LogP) is 0.872. The number of nitrogens with one attached hydrogen (secondary N) is 3. The van der Waals surface area contributed by atoms with E-state index < -0.39 is 17.9 Å². The number of carbonyl (C=O) groups excluding carboxylic acids is 2. The fourth-order valence-electron chi connectivity index (χ4n) is 2.67. The Hall–Kier alpha value is -3.72. The van der Waals surface area contributed by atoms with Crippen LogP contribution in [0.5, 0.6) is 0 Å². The molecule has 0 saturated carbocycles. The number of aliphatic carboxylic acids is 1. The molecule has 6 N–H and O–H groups in total. The monoisotopic (exact) mass is 397 g/mol. The Morgan fingerprint density at radius 3 is 2.55 bits per heavy atom. The number of carboxylic acid groups (broad SMARTS) is 1. The van der Waals surface area contributed by atoms with Gasteiger partial charge in [-0.15, -0.1) is 0 Å². The second kappa shape index (κ2) is 10.6. The maximum Gasteiger partial charge on any atom is 0.326 e. The molecule has 1 atom stereocenters. The molecule has 29 heavy (non-hydrogen) atoms. The predicted molar refractivity (Wildman–Crippen MR) is 108 cm³/mol. The van der Waals surface area contributed by atoms with Gasteiger partial charge in [0.2, 0.25) is 5.91 Å². The standard InChI is InChI=1S/C20H23N5O4/c1-13(26)25-18(20(28)29)9-14-4-2-5-15(8-14)11-22-19(27)16-6-3-7-17(10-16)23-12-24-21/h2-8,10,12,18H,9,11,21H2,1H3,(H,22,27)(H,23,24)(H,25,26)(H,28,29). The van der Waals surface area contributed by atoms with Crippen molar-refractivity contribution in [3.8, 4) is 0 Å². The van der Waals surface area contributed by atoms with Gasteiger partial charge in [0.05, 0.1) is 5.69 Å². The van der Waals surface area contributed by atoms with Crippen molar-refractivity contribution < 1.29 is 19.5 Å². The molecule has 0 radical (unpaired) electrons. The summed E-state index contributed by atoms with van der Waals surface area (Å²) in [5.41, 5.74) is 4.87. The number of carboxylic acids is 1. The number of hydrogen-bond acceptors (Lipinski definition) is 5. The smallest absolute Gasteiger partial charge is 0.326 e. The summed E-state index contributed by atoms with van der Waals surface area (Å²) in [6.45, 7) is 1.54. The quantitative estimate of drug-likeness (QED) is 0.184. The Morgan fingerprint density at radius 1 is 1.14 bits per heavy atom. The van der Waals surface area contributed by atoms with E-state index in [4.69, 9.17) is 5.84 Å². The summed E-state index contributed by atoms with van der Waals surface area (Å²) in [5.74, 6) is 3.36. The zero-order valence-corrected chi connectivity index (χ0v) is 15.9. The lowest BCUT2D eigenvalue weighted by atomic mass is 10.0. The number of carbonyl (C=O) groups is 3. The first-order valence-electron chi connectivity index (χ1n) is 8.83. The van der Waals surface area contributed by atoms with E-state index in [1.165, 1.54) is 13.3 Å². The molecule has 2 aromatic carbocycles. The minimum atomic E-state index is -1.11. The van der Waals surface area contributed by atoms with Gasteiger partial charge < -0.3 is 21.2 Å². The molecule has 0 saturated heterocycles. The SMILES string of the molecule is CC(=O)NC(Cc1cccc(CNC(=O)c2cccc(N=CNN)c2)c1)C(=O)O. The fraction of sp³-hybridized carbons (Fsp3) is 0.200. The van der Waals surface area contributed by atoms with Gasteiger partial charge in [0.25, 0.3) is 5.91 Å². The first-order chi connectivity index (χ1) is 13.9. The van der Waals surface area contributed by atoms with Crippen LogP contribution in [0.2, 0.25) is 0 Å². The van der Waals surface area contributed by atoms with Gasteiger partial charge in [-0.05, 0) is 29.3 Å². The van der Waals surface area contributed by atoms with Crippen LogP contribution in [-0.2, 0) is 22.6 Å². The lowest BCUT2D eigenvalue weighted by Gasteiger charge is -2.14. The van der Waals surface area contributed by atoms with E-state index in [0.29, 0.717) is 11.3 Å². The minimum absolute atomic E-state index is 0.145. The van der Waals surface area contributed by atoms with Crippen molar-refractivity contribution in [1.82, 2.24) is 16.1 Å². The first kappa shape index (κ1) is 21.6. The Labute approximate surface area is 168 Å². The third-order valence-electron chi connectivity index (χ3n) is 3.96. The van der Waals surface area contributed by atoms with Crippen molar-refractivity contribution in [1.29, 1.82) is 0 Å². The fourth-order valence-corrected chi connectivity index (χ4v) is 2.67. The topological polar surface area (TPSA) is 146 Å². The molecule has 2 aromatic rings. The Kier molecular flexibility index (Phi) is 7.87. The summed E-state index contributed by atoms with van der Waals surface area (Å²) in [5, 5.41) is 14.5. The van der Waals surface area contributed by atoms with Crippen LogP contribution in [-0.4, -0.2) is 35.3 Å². The molecule has 0 aliphatic heterocycles. The molecule has 152 valence electrons.